The van der Waals surface area contributed by atoms with Crippen molar-refractivity contribution in [2.75, 3.05) is 13.1 Å². The molecule has 0 spiro atoms. The second-order valence-corrected chi connectivity index (χ2v) is 14.7. The molecule has 2 saturated heterocycles. The predicted molar refractivity (Wildman–Crippen MR) is 199 cm³/mol. The monoisotopic (exact) mass is 725 g/mol. The molecule has 0 aliphatic carbocycles. The average molecular weight is 726 g/mol. The van der Waals surface area contributed by atoms with E-state index in [2.05, 4.69) is 0 Å². The van der Waals surface area contributed by atoms with E-state index in [-0.39, 0.29) is 37.1 Å². The number of quaternary nitrogens is 2. The number of carbonyl (C=O) groups excluding carboxylic acids is 2. The van der Waals surface area contributed by atoms with Crippen LogP contribution >= 0.6 is 0 Å². The zero-order valence-corrected chi connectivity index (χ0v) is 29.7. The fraction of sp³-hybridized carbons (Fsp3) is 0.262. The smallest absolute Gasteiger partial charge is 0.408 e. The maximum atomic E-state index is 16.5. The fourth-order valence-electron chi connectivity index (χ4n) is 9.76. The lowest BCUT2D eigenvalue weighted by molar-refractivity contribution is -0.139. The van der Waals surface area contributed by atoms with Crippen LogP contribution in [0.4, 0.5) is 21.3 Å². The van der Waals surface area contributed by atoms with Gasteiger partial charge >= 0.3 is 35.7 Å². The molecule has 9 rings (SSSR count). The molecule has 2 fully saturated rings. The fourth-order valence-corrected chi connectivity index (χ4v) is 9.76. The first-order valence-corrected chi connectivity index (χ1v) is 18.3. The van der Waals surface area contributed by atoms with Crippen LogP contribution in [0, 0.1) is 12.8 Å². The number of likely N-dealkylation sites (tertiary alicyclic amines) is 2. The van der Waals surface area contributed by atoms with Gasteiger partial charge in [-0.1, -0.05) is 60.7 Å². The van der Waals surface area contributed by atoms with Crippen LogP contribution in [0.3, 0.4) is 0 Å². The van der Waals surface area contributed by atoms with Gasteiger partial charge in [0.25, 0.3) is 0 Å². The third kappa shape index (κ3) is 4.47. The van der Waals surface area contributed by atoms with Crippen LogP contribution in [0.25, 0.3) is 0 Å². The molecule has 3 aromatic rings. The van der Waals surface area contributed by atoms with Gasteiger partial charge in [-0.2, -0.15) is 4.98 Å². The number of benzene rings is 2. The molecule has 6 aliphatic heterocycles. The van der Waals surface area contributed by atoms with Crippen molar-refractivity contribution in [3.8, 4) is 0 Å². The van der Waals surface area contributed by atoms with Gasteiger partial charge in [-0.15, -0.1) is 8.97 Å². The lowest BCUT2D eigenvalue weighted by atomic mass is 9.74. The first-order valence-electron chi connectivity index (χ1n) is 18.3. The zero-order valence-electron chi connectivity index (χ0n) is 29.7. The van der Waals surface area contributed by atoms with Crippen molar-refractivity contribution in [1.82, 2.24) is 23.7 Å². The lowest BCUT2D eigenvalue weighted by Crippen LogP contribution is -2.68. The highest BCUT2D eigenvalue weighted by molar-refractivity contribution is 6.09. The molecule has 1 aromatic heterocycles. The van der Waals surface area contributed by atoms with Gasteiger partial charge < -0.3 is 14.6 Å². The van der Waals surface area contributed by atoms with Crippen molar-refractivity contribution >= 4 is 35.7 Å². The highest BCUT2D eigenvalue weighted by atomic mass is 16.4. The van der Waals surface area contributed by atoms with Crippen LogP contribution in [0.2, 0.25) is 0 Å². The number of rotatable bonds is 8. The second kappa shape index (κ2) is 12.2. The minimum absolute atomic E-state index is 0.0832. The Morgan fingerprint density at radius 3 is 1.91 bits per heavy atom. The van der Waals surface area contributed by atoms with Gasteiger partial charge in [0, 0.05) is 81.0 Å². The van der Waals surface area contributed by atoms with Gasteiger partial charge in [-0.3, -0.25) is 9.80 Å². The lowest BCUT2D eigenvalue weighted by Gasteiger charge is -2.43. The van der Waals surface area contributed by atoms with E-state index in [1.807, 2.05) is 109 Å². The average Bonchev–Trinajstić information content (AvgIpc) is 4.05. The number of hydrogen-bond acceptors (Lipinski definition) is 6. The maximum absolute atomic E-state index is 16.5. The van der Waals surface area contributed by atoms with Gasteiger partial charge in [0.1, 0.15) is 0 Å². The van der Waals surface area contributed by atoms with Crippen molar-refractivity contribution in [3.63, 3.8) is 0 Å². The second-order valence-electron chi connectivity index (χ2n) is 14.7. The van der Waals surface area contributed by atoms with Crippen molar-refractivity contribution < 1.29 is 33.8 Å². The van der Waals surface area contributed by atoms with Gasteiger partial charge in [-0.25, -0.2) is 19.2 Å². The molecule has 272 valence electrons. The zero-order chi connectivity index (χ0) is 37.4. The van der Waals surface area contributed by atoms with Crippen molar-refractivity contribution in [2.24, 2.45) is 5.92 Å². The minimum Gasteiger partial charge on any atom is -0.465 e. The summed E-state index contributed by atoms with van der Waals surface area (Å²) in [4.78, 5) is 65.1. The molecule has 6 aliphatic rings. The largest absolute Gasteiger partial charge is 0.465 e. The number of aromatic nitrogens is 1. The van der Waals surface area contributed by atoms with Crippen LogP contribution in [-0.4, -0.2) is 73.7 Å². The standard InChI is InChI=1S/C42H37N5O7/c1-27-43-36(38(54-27)47(33-18-19-34(47)21-20-33)37(48)35-13-8-23-44(35)40(50)51)46(31-14-15-32(46)17-16-31)39(49)42(26-29-11-6-3-7-12-29)30(22-24-45(42)41(52)53)25-28-9-4-2-5-10-28/h2-7,9-12,14-21,30,35H,8,13,22-26H2,1H3/p+2/t30?,35-,42-/m0/s1. The van der Waals surface area contributed by atoms with Crippen LogP contribution < -0.4 is 8.97 Å². The molecule has 2 aromatic carbocycles. The van der Waals surface area contributed by atoms with E-state index in [9.17, 15) is 19.8 Å². The molecule has 0 saturated carbocycles. The van der Waals surface area contributed by atoms with Crippen LogP contribution in [0.1, 0.15) is 36.3 Å². The Bertz CT molecular complexity index is 2270. The van der Waals surface area contributed by atoms with Gasteiger partial charge in [-0.05, 0) is 36.8 Å². The molecular weight excluding hydrogens is 686 g/mol. The number of hydrogen-bond donors (Lipinski definition) is 2. The Hall–Kier alpha value is -6.11. The molecule has 1 unspecified atom stereocenters. The Morgan fingerprint density at radius 1 is 0.778 bits per heavy atom. The van der Waals surface area contributed by atoms with E-state index in [0.717, 1.165) is 11.1 Å². The molecule has 0 radical (unpaired) electrons. The first-order chi connectivity index (χ1) is 26.1. The molecule has 12 nitrogen and oxygen atoms in total. The molecule has 7 heterocycles. The third-order valence-electron chi connectivity index (χ3n) is 12.1. The number of allylic oxidation sites excluding steroid dienone is 8. The molecule has 12 heteroatoms. The van der Waals surface area contributed by atoms with Gasteiger partial charge in [0.05, 0.1) is 0 Å². The molecule has 54 heavy (non-hydrogen) atoms. The van der Waals surface area contributed by atoms with E-state index in [1.165, 1.54) is 9.80 Å². The quantitative estimate of drug-likeness (QED) is 0.244. The van der Waals surface area contributed by atoms with Crippen LogP contribution in [0.15, 0.2) is 136 Å². The summed E-state index contributed by atoms with van der Waals surface area (Å²) in [5, 5.41) is 21.1. The maximum Gasteiger partial charge on any atom is 0.408 e. The molecule has 4 amide bonds. The van der Waals surface area contributed by atoms with E-state index in [0.29, 0.717) is 48.5 Å². The van der Waals surface area contributed by atoms with E-state index in [1.54, 1.807) is 6.92 Å². The molecular formula is C42H39N5O7+2. The minimum atomic E-state index is -1.59. The number of carboxylic acid groups (broad SMARTS) is 2. The number of nitrogens with zero attached hydrogens (tertiary/aromatic N) is 5. The first kappa shape index (κ1) is 33.7. The summed E-state index contributed by atoms with van der Waals surface area (Å²) in [6, 6.07) is 18.3. The molecule has 3 atom stereocenters. The Morgan fingerprint density at radius 2 is 1.35 bits per heavy atom. The third-order valence-corrected chi connectivity index (χ3v) is 12.1. The Labute approximate surface area is 311 Å². The molecule has 4 bridgehead atoms. The number of amides is 4. The van der Waals surface area contributed by atoms with Crippen molar-refractivity contribution in [1.29, 1.82) is 0 Å². The van der Waals surface area contributed by atoms with Crippen LogP contribution in [0.5, 0.6) is 0 Å². The normalized spacial score (nSPS) is 25.2. The SMILES string of the molecule is Cc1nc([N+]2(C(=O)[C@]3(Cc4ccccc4)C(Cc4ccccc4)CCN3C(=O)O)C3=CC=C2C=C3)c([N+]2(C(=O)[C@@H]3CCCN3C(=O)O)C3=CC=C2C=C3)o1. The van der Waals surface area contributed by atoms with Crippen molar-refractivity contribution in [2.45, 2.75) is 50.6 Å². The summed E-state index contributed by atoms with van der Waals surface area (Å²) in [5.74, 6) is -0.830. The number of fused-ring (bicyclic) bond motifs is 4. The van der Waals surface area contributed by atoms with Crippen molar-refractivity contribution in [3.05, 3.63) is 149 Å². The van der Waals surface area contributed by atoms with E-state index < -0.39 is 50.5 Å². The Balaban J connectivity index is 1.28. The van der Waals surface area contributed by atoms with Crippen LogP contribution in [-0.2, 0) is 22.4 Å². The van der Waals surface area contributed by atoms with E-state index in [4.69, 9.17) is 9.40 Å². The summed E-state index contributed by atoms with van der Waals surface area (Å²) >= 11 is 0. The Kier molecular flexibility index (Phi) is 7.63. The predicted octanol–water partition coefficient (Wildman–Crippen LogP) is 6.72. The number of aryl methyl sites for hydroxylation is 1. The summed E-state index contributed by atoms with van der Waals surface area (Å²) in [7, 11) is 0. The van der Waals surface area contributed by atoms with E-state index >= 15 is 9.59 Å². The summed E-state index contributed by atoms with van der Waals surface area (Å²) in [6.07, 6.45) is 14.1. The molecule has 2 N–H and O–H groups in total. The number of oxazole rings is 1. The van der Waals surface area contributed by atoms with Gasteiger partial charge in [0.15, 0.2) is 34.4 Å². The topological polar surface area (TPSA) is 141 Å². The summed E-state index contributed by atoms with van der Waals surface area (Å²) in [5.41, 5.74) is 2.39. The summed E-state index contributed by atoms with van der Waals surface area (Å²) < 4.78 is 5.40. The van der Waals surface area contributed by atoms with Gasteiger partial charge in [0.2, 0.25) is 5.89 Å². The summed E-state index contributed by atoms with van der Waals surface area (Å²) in [6.45, 7) is 2.03. The highest BCUT2D eigenvalue weighted by Crippen LogP contribution is 2.57. The highest BCUT2D eigenvalue weighted by Gasteiger charge is 2.71. The number of carbonyl (C=O) groups is 4.